The highest BCUT2D eigenvalue weighted by atomic mass is 32.2. The maximum atomic E-state index is 11.9. The maximum Gasteiger partial charge on any atom is 0.337 e. The van der Waals surface area contributed by atoms with Crippen LogP contribution in [-0.2, 0) is 20.8 Å². The van der Waals surface area contributed by atoms with Gasteiger partial charge in [0.15, 0.2) is 5.03 Å². The van der Waals surface area contributed by atoms with Gasteiger partial charge < -0.3 is 5.11 Å². The Bertz CT molecular complexity index is 598. The quantitative estimate of drug-likeness (QED) is 0.742. The van der Waals surface area contributed by atoms with Gasteiger partial charge in [-0.05, 0) is 18.6 Å². The van der Waals surface area contributed by atoms with Gasteiger partial charge in [-0.2, -0.15) is 0 Å². The molecule has 2 N–H and O–H groups in total. The first kappa shape index (κ1) is 16.7. The summed E-state index contributed by atoms with van der Waals surface area (Å²) in [6, 6.07) is 2.31. The van der Waals surface area contributed by atoms with Gasteiger partial charge in [-0.3, -0.25) is 4.21 Å². The highest BCUT2D eigenvalue weighted by Gasteiger charge is 2.17. The van der Waals surface area contributed by atoms with Crippen molar-refractivity contribution in [2.24, 2.45) is 0 Å². The Morgan fingerprint density at radius 1 is 1.50 bits per heavy atom. The minimum atomic E-state index is -3.78. The van der Waals surface area contributed by atoms with Crippen molar-refractivity contribution in [3.8, 4) is 0 Å². The van der Waals surface area contributed by atoms with Crippen molar-refractivity contribution in [3.05, 3.63) is 23.9 Å². The summed E-state index contributed by atoms with van der Waals surface area (Å²) in [6.45, 7) is 1.91. The average Bonchev–Trinajstić information content (AvgIpc) is 2.38. The van der Waals surface area contributed by atoms with E-state index in [0.29, 0.717) is 6.42 Å². The molecular formula is C11H16N2O5S2. The molecule has 0 aromatic carbocycles. The van der Waals surface area contributed by atoms with Gasteiger partial charge >= 0.3 is 5.97 Å². The molecule has 0 aliphatic heterocycles. The Hall–Kier alpha value is -1.32. The number of carboxylic acid groups (broad SMARTS) is 1. The summed E-state index contributed by atoms with van der Waals surface area (Å²) < 4.78 is 37.2. The Balaban J connectivity index is 2.69. The van der Waals surface area contributed by atoms with Crippen molar-refractivity contribution >= 4 is 26.8 Å². The molecule has 0 saturated carbocycles. The highest BCUT2D eigenvalue weighted by molar-refractivity contribution is 7.89. The fourth-order valence-corrected chi connectivity index (χ4v) is 2.73. The summed E-state index contributed by atoms with van der Waals surface area (Å²) in [7, 11) is -4.78. The molecule has 1 heterocycles. The molecule has 9 heteroatoms. The highest BCUT2D eigenvalue weighted by Crippen LogP contribution is 2.07. The number of aromatic carboxylic acids is 1. The predicted octanol–water partition coefficient (Wildman–Crippen LogP) is 0.215. The van der Waals surface area contributed by atoms with Gasteiger partial charge in [0.05, 0.1) is 5.56 Å². The van der Waals surface area contributed by atoms with Gasteiger partial charge in [0.2, 0.25) is 0 Å². The summed E-state index contributed by atoms with van der Waals surface area (Å²) in [5.74, 6) is -1.17. The topological polar surface area (TPSA) is 113 Å². The summed E-state index contributed by atoms with van der Waals surface area (Å²) in [5.41, 5.74) is -0.0843. The van der Waals surface area contributed by atoms with Crippen LogP contribution in [0.15, 0.2) is 23.4 Å². The third-order valence-electron chi connectivity index (χ3n) is 2.67. The van der Waals surface area contributed by atoms with Gasteiger partial charge in [-0.15, -0.1) is 0 Å². The Kier molecular flexibility index (Phi) is 5.78. The number of nitrogens with one attached hydrogen (secondary N) is 1. The van der Waals surface area contributed by atoms with Crippen LogP contribution < -0.4 is 4.72 Å². The smallest absolute Gasteiger partial charge is 0.337 e. The molecule has 0 spiro atoms. The molecule has 20 heavy (non-hydrogen) atoms. The molecule has 0 fully saturated rings. The molecule has 2 atom stereocenters. The summed E-state index contributed by atoms with van der Waals surface area (Å²) in [4.78, 5) is 14.3. The van der Waals surface area contributed by atoms with Gasteiger partial charge in [0.25, 0.3) is 10.0 Å². The van der Waals surface area contributed by atoms with Crippen LogP contribution in [0.4, 0.5) is 0 Å². The third kappa shape index (κ3) is 4.66. The molecular weight excluding hydrogens is 304 g/mol. The molecule has 0 aliphatic rings. The molecule has 0 radical (unpaired) electrons. The molecule has 0 saturated heterocycles. The molecule has 2 unspecified atom stereocenters. The van der Waals surface area contributed by atoms with Crippen molar-refractivity contribution in [3.63, 3.8) is 0 Å². The summed E-state index contributed by atoms with van der Waals surface area (Å²) in [5, 5.41) is 8.35. The van der Waals surface area contributed by atoms with E-state index in [9.17, 15) is 17.4 Å². The van der Waals surface area contributed by atoms with E-state index < -0.39 is 26.8 Å². The lowest BCUT2D eigenvalue weighted by Crippen LogP contribution is -2.28. The molecule has 1 aromatic rings. The monoisotopic (exact) mass is 320 g/mol. The lowest BCUT2D eigenvalue weighted by atomic mass is 10.3. The number of nitrogens with zero attached hydrogens (tertiary/aromatic N) is 1. The van der Waals surface area contributed by atoms with Crippen LogP contribution in [0.25, 0.3) is 0 Å². The molecule has 0 aliphatic carbocycles. The van der Waals surface area contributed by atoms with Crippen molar-refractivity contribution in [1.29, 1.82) is 0 Å². The minimum Gasteiger partial charge on any atom is -0.478 e. The van der Waals surface area contributed by atoms with Crippen molar-refractivity contribution < 1.29 is 22.5 Å². The first-order chi connectivity index (χ1) is 9.24. The number of carbonyl (C=O) groups is 1. The number of rotatable bonds is 7. The van der Waals surface area contributed by atoms with Crippen LogP contribution >= 0.6 is 0 Å². The SMILES string of the molecule is CC(CCNS(=O)(=O)c1ccc(C(=O)O)cn1)S(C)=O. The zero-order valence-electron chi connectivity index (χ0n) is 11.1. The average molecular weight is 320 g/mol. The second-order valence-corrected chi connectivity index (χ2v) is 7.70. The van der Waals surface area contributed by atoms with Gasteiger partial charge in [0.1, 0.15) is 0 Å². The number of hydrogen-bond acceptors (Lipinski definition) is 5. The van der Waals surface area contributed by atoms with E-state index in [4.69, 9.17) is 5.11 Å². The second kappa shape index (κ2) is 6.91. The van der Waals surface area contributed by atoms with Crippen molar-refractivity contribution in [2.45, 2.75) is 23.6 Å². The van der Waals surface area contributed by atoms with E-state index in [1.165, 1.54) is 6.07 Å². The zero-order chi connectivity index (χ0) is 15.3. The Morgan fingerprint density at radius 2 is 2.15 bits per heavy atom. The maximum absolute atomic E-state index is 11.9. The summed E-state index contributed by atoms with van der Waals surface area (Å²) >= 11 is 0. The normalized spacial score (nSPS) is 14.7. The zero-order valence-corrected chi connectivity index (χ0v) is 12.7. The lowest BCUT2D eigenvalue weighted by molar-refractivity contribution is 0.0696. The van der Waals surface area contributed by atoms with Gasteiger partial charge in [-0.25, -0.2) is 22.9 Å². The number of hydrogen-bond donors (Lipinski definition) is 2. The number of pyridine rings is 1. The first-order valence-corrected chi connectivity index (χ1v) is 8.85. The minimum absolute atomic E-state index is 0.0843. The number of sulfonamides is 1. The van der Waals surface area contributed by atoms with Crippen LogP contribution in [0, 0.1) is 0 Å². The first-order valence-electron chi connectivity index (χ1n) is 5.75. The van der Waals surface area contributed by atoms with E-state index in [0.717, 1.165) is 12.3 Å². The molecule has 1 aromatic heterocycles. The summed E-state index contributed by atoms with van der Waals surface area (Å²) in [6.07, 6.45) is 2.99. The largest absolute Gasteiger partial charge is 0.478 e. The number of aromatic nitrogens is 1. The van der Waals surface area contributed by atoms with Crippen LogP contribution in [0.5, 0.6) is 0 Å². The second-order valence-electron chi connectivity index (χ2n) is 4.19. The Morgan fingerprint density at radius 3 is 2.60 bits per heavy atom. The standard InChI is InChI=1S/C11H16N2O5S2/c1-8(19(2)16)5-6-13-20(17,18)10-4-3-9(7-12-10)11(14)15/h3-4,7-8,13H,5-6H2,1-2H3,(H,14,15). The fourth-order valence-electron chi connectivity index (χ4n) is 1.30. The van der Waals surface area contributed by atoms with Crippen LogP contribution in [0.1, 0.15) is 23.7 Å². The fraction of sp³-hybridized carbons (Fsp3) is 0.455. The third-order valence-corrected chi connectivity index (χ3v) is 5.41. The Labute approximate surface area is 119 Å². The van der Waals surface area contributed by atoms with E-state index >= 15 is 0 Å². The van der Waals surface area contributed by atoms with E-state index in [1.54, 1.807) is 13.2 Å². The van der Waals surface area contributed by atoms with Gasteiger partial charge in [0, 0.05) is 35.0 Å². The van der Waals surface area contributed by atoms with Crippen molar-refractivity contribution in [2.75, 3.05) is 12.8 Å². The number of carboxylic acids is 1. The van der Waals surface area contributed by atoms with Crippen molar-refractivity contribution in [1.82, 2.24) is 9.71 Å². The molecule has 7 nitrogen and oxygen atoms in total. The van der Waals surface area contributed by atoms with Crippen LogP contribution in [0.2, 0.25) is 0 Å². The lowest BCUT2D eigenvalue weighted by Gasteiger charge is -2.09. The van der Waals surface area contributed by atoms with E-state index in [1.807, 2.05) is 0 Å². The van der Waals surface area contributed by atoms with Crippen LogP contribution in [0.3, 0.4) is 0 Å². The van der Waals surface area contributed by atoms with E-state index in [2.05, 4.69) is 9.71 Å². The predicted molar refractivity (Wildman–Crippen MR) is 74.5 cm³/mol. The van der Waals surface area contributed by atoms with Crippen LogP contribution in [-0.4, -0.2) is 46.7 Å². The van der Waals surface area contributed by atoms with E-state index in [-0.39, 0.29) is 22.4 Å². The molecule has 112 valence electrons. The molecule has 1 rings (SSSR count). The molecule has 0 amide bonds. The molecule has 0 bridgehead atoms. The van der Waals surface area contributed by atoms with Gasteiger partial charge in [-0.1, -0.05) is 6.92 Å².